The average molecular weight is 274 g/mol. The second-order valence-electron chi connectivity index (χ2n) is 6.07. The highest BCUT2D eigenvalue weighted by atomic mass is 32.1. The molecule has 0 unspecified atom stereocenters. The van der Waals surface area contributed by atoms with Gasteiger partial charge in [-0.2, -0.15) is 0 Å². The minimum absolute atomic E-state index is 0.372. The predicted octanol–water partition coefficient (Wildman–Crippen LogP) is 4.97. The molecular weight excluding hydrogens is 252 g/mol. The highest BCUT2D eigenvalue weighted by molar-refractivity contribution is 7.09. The van der Waals surface area contributed by atoms with Crippen LogP contribution in [0.25, 0.3) is 11.3 Å². The van der Waals surface area contributed by atoms with E-state index in [-0.39, 0.29) is 0 Å². The Morgan fingerprint density at radius 3 is 2.68 bits per heavy atom. The van der Waals surface area contributed by atoms with Gasteiger partial charge in [0, 0.05) is 23.2 Å². The number of anilines is 1. The normalized spacial score (nSPS) is 11.6. The van der Waals surface area contributed by atoms with Crippen LogP contribution in [0.15, 0.2) is 29.6 Å². The molecular formula is C16H22N2S. The number of rotatable bonds is 4. The molecule has 1 N–H and O–H groups in total. The van der Waals surface area contributed by atoms with Gasteiger partial charge in [-0.3, -0.25) is 0 Å². The van der Waals surface area contributed by atoms with Gasteiger partial charge in [-0.25, -0.2) is 4.98 Å². The summed E-state index contributed by atoms with van der Waals surface area (Å²) >= 11 is 1.69. The third-order valence-electron chi connectivity index (χ3n) is 2.98. The summed E-state index contributed by atoms with van der Waals surface area (Å²) in [6, 6.07) is 8.50. The Morgan fingerprint density at radius 2 is 2.05 bits per heavy atom. The molecule has 0 aliphatic rings. The van der Waals surface area contributed by atoms with Crippen LogP contribution in [0, 0.1) is 12.3 Å². The number of aromatic nitrogens is 1. The van der Waals surface area contributed by atoms with E-state index in [4.69, 9.17) is 0 Å². The quantitative estimate of drug-likeness (QED) is 0.851. The standard InChI is InChI=1S/C16H22N2S/c1-12-18-15(11-19-12)13-6-5-7-14(10-13)17-9-8-16(2,3)4/h5-7,10-11,17H,8-9H2,1-4H3. The molecule has 0 saturated heterocycles. The van der Waals surface area contributed by atoms with Crippen molar-refractivity contribution < 1.29 is 0 Å². The summed E-state index contributed by atoms with van der Waals surface area (Å²) < 4.78 is 0. The largest absolute Gasteiger partial charge is 0.385 e. The Kier molecular flexibility index (Phi) is 4.25. The van der Waals surface area contributed by atoms with E-state index in [1.807, 2.05) is 6.92 Å². The Balaban J connectivity index is 2.03. The molecule has 0 amide bonds. The van der Waals surface area contributed by atoms with Gasteiger partial charge in [0.15, 0.2) is 0 Å². The highest BCUT2D eigenvalue weighted by Gasteiger charge is 2.09. The van der Waals surface area contributed by atoms with Gasteiger partial charge >= 0.3 is 0 Å². The van der Waals surface area contributed by atoms with Crippen molar-refractivity contribution in [3.05, 3.63) is 34.7 Å². The first-order chi connectivity index (χ1) is 8.94. The van der Waals surface area contributed by atoms with E-state index in [0.717, 1.165) is 23.7 Å². The number of benzene rings is 1. The van der Waals surface area contributed by atoms with E-state index in [1.54, 1.807) is 11.3 Å². The van der Waals surface area contributed by atoms with Crippen molar-refractivity contribution in [2.45, 2.75) is 34.1 Å². The molecule has 2 nitrogen and oxygen atoms in total. The van der Waals surface area contributed by atoms with Gasteiger partial charge in [-0.15, -0.1) is 11.3 Å². The van der Waals surface area contributed by atoms with Crippen LogP contribution in [0.5, 0.6) is 0 Å². The minimum atomic E-state index is 0.372. The summed E-state index contributed by atoms with van der Waals surface area (Å²) in [7, 11) is 0. The second kappa shape index (κ2) is 5.74. The topological polar surface area (TPSA) is 24.9 Å². The van der Waals surface area contributed by atoms with Crippen molar-refractivity contribution in [2.75, 3.05) is 11.9 Å². The van der Waals surface area contributed by atoms with Crippen LogP contribution in [-0.2, 0) is 0 Å². The molecule has 2 rings (SSSR count). The molecule has 2 aromatic rings. The summed E-state index contributed by atoms with van der Waals surface area (Å²) in [5.41, 5.74) is 3.80. The monoisotopic (exact) mass is 274 g/mol. The zero-order chi connectivity index (χ0) is 13.9. The Bertz CT molecular complexity index is 538. The van der Waals surface area contributed by atoms with Crippen LogP contribution in [0.3, 0.4) is 0 Å². The molecule has 0 bridgehead atoms. The molecule has 1 heterocycles. The molecule has 3 heteroatoms. The average Bonchev–Trinajstić information content (AvgIpc) is 2.75. The molecule has 0 saturated carbocycles. The fourth-order valence-corrected chi connectivity index (χ4v) is 2.49. The lowest BCUT2D eigenvalue weighted by molar-refractivity contribution is 0.390. The number of hydrogen-bond acceptors (Lipinski definition) is 3. The molecule has 0 radical (unpaired) electrons. The van der Waals surface area contributed by atoms with E-state index < -0.39 is 0 Å². The van der Waals surface area contributed by atoms with Gasteiger partial charge < -0.3 is 5.32 Å². The fourth-order valence-electron chi connectivity index (χ4n) is 1.87. The van der Waals surface area contributed by atoms with Gasteiger partial charge in [0.25, 0.3) is 0 Å². The molecule has 0 aliphatic carbocycles. The SMILES string of the molecule is Cc1nc(-c2cccc(NCCC(C)(C)C)c2)cs1. The van der Waals surface area contributed by atoms with Crippen molar-refractivity contribution in [1.29, 1.82) is 0 Å². The third kappa shape index (κ3) is 4.35. The lowest BCUT2D eigenvalue weighted by Gasteiger charge is -2.18. The van der Waals surface area contributed by atoms with Crippen LogP contribution in [0.1, 0.15) is 32.2 Å². The number of hydrogen-bond donors (Lipinski definition) is 1. The van der Waals surface area contributed by atoms with Crippen molar-refractivity contribution in [2.24, 2.45) is 5.41 Å². The van der Waals surface area contributed by atoms with Crippen molar-refractivity contribution in [3.8, 4) is 11.3 Å². The molecule has 1 aromatic carbocycles. The van der Waals surface area contributed by atoms with Crippen molar-refractivity contribution in [1.82, 2.24) is 4.98 Å². The zero-order valence-corrected chi connectivity index (χ0v) is 13.0. The summed E-state index contributed by atoms with van der Waals surface area (Å²) in [6.45, 7) is 9.85. The number of nitrogens with zero attached hydrogens (tertiary/aromatic N) is 1. The molecule has 19 heavy (non-hydrogen) atoms. The maximum absolute atomic E-state index is 4.53. The van der Waals surface area contributed by atoms with Crippen molar-refractivity contribution in [3.63, 3.8) is 0 Å². The van der Waals surface area contributed by atoms with E-state index in [1.165, 1.54) is 11.3 Å². The maximum Gasteiger partial charge on any atom is 0.0901 e. The van der Waals surface area contributed by atoms with Gasteiger partial charge in [0.05, 0.1) is 10.7 Å². The number of aryl methyl sites for hydroxylation is 1. The maximum atomic E-state index is 4.53. The lowest BCUT2D eigenvalue weighted by atomic mass is 9.92. The van der Waals surface area contributed by atoms with Crippen LogP contribution in [-0.4, -0.2) is 11.5 Å². The van der Waals surface area contributed by atoms with E-state index >= 15 is 0 Å². The molecule has 0 atom stereocenters. The molecule has 0 aliphatic heterocycles. The first-order valence-electron chi connectivity index (χ1n) is 6.70. The Hall–Kier alpha value is -1.35. The summed E-state index contributed by atoms with van der Waals surface area (Å²) in [6.07, 6.45) is 1.16. The molecule has 1 aromatic heterocycles. The summed E-state index contributed by atoms with van der Waals surface area (Å²) in [4.78, 5) is 4.53. The Morgan fingerprint density at radius 1 is 1.26 bits per heavy atom. The van der Waals surface area contributed by atoms with Gasteiger partial charge in [0.2, 0.25) is 0 Å². The first kappa shape index (κ1) is 14.1. The molecule has 0 spiro atoms. The van der Waals surface area contributed by atoms with Crippen LogP contribution in [0.2, 0.25) is 0 Å². The van der Waals surface area contributed by atoms with Gasteiger partial charge in [-0.05, 0) is 30.9 Å². The Labute approximate surface area is 119 Å². The summed E-state index contributed by atoms with van der Waals surface area (Å²) in [5, 5.41) is 6.72. The van der Waals surface area contributed by atoms with Gasteiger partial charge in [0.1, 0.15) is 0 Å². The van der Waals surface area contributed by atoms with Crippen molar-refractivity contribution >= 4 is 17.0 Å². The minimum Gasteiger partial charge on any atom is -0.385 e. The van der Waals surface area contributed by atoms with E-state index in [9.17, 15) is 0 Å². The van der Waals surface area contributed by atoms with E-state index in [2.05, 4.69) is 60.7 Å². The van der Waals surface area contributed by atoms with Crippen LogP contribution >= 0.6 is 11.3 Å². The first-order valence-corrected chi connectivity index (χ1v) is 7.58. The molecule has 0 fully saturated rings. The zero-order valence-electron chi connectivity index (χ0n) is 12.2. The lowest BCUT2D eigenvalue weighted by Crippen LogP contribution is -2.12. The number of thiazole rings is 1. The predicted molar refractivity (Wildman–Crippen MR) is 84.8 cm³/mol. The molecule has 102 valence electrons. The van der Waals surface area contributed by atoms with E-state index in [0.29, 0.717) is 5.41 Å². The third-order valence-corrected chi connectivity index (χ3v) is 3.75. The van der Waals surface area contributed by atoms with Crippen LogP contribution in [0.4, 0.5) is 5.69 Å². The van der Waals surface area contributed by atoms with Gasteiger partial charge in [-0.1, -0.05) is 32.9 Å². The second-order valence-corrected chi connectivity index (χ2v) is 7.13. The fraction of sp³-hybridized carbons (Fsp3) is 0.438. The van der Waals surface area contributed by atoms with Crippen LogP contribution < -0.4 is 5.32 Å². The highest BCUT2D eigenvalue weighted by Crippen LogP contribution is 2.24. The smallest absolute Gasteiger partial charge is 0.0901 e. The summed E-state index contributed by atoms with van der Waals surface area (Å²) in [5.74, 6) is 0. The number of nitrogens with one attached hydrogen (secondary N) is 1.